The van der Waals surface area contributed by atoms with E-state index in [0.717, 1.165) is 34.1 Å². The van der Waals surface area contributed by atoms with Crippen LogP contribution in [0.15, 0.2) is 87.6 Å². The van der Waals surface area contributed by atoms with Crippen LogP contribution in [0.1, 0.15) is 5.56 Å². The first-order valence-corrected chi connectivity index (χ1v) is 14.1. The minimum atomic E-state index is -4.94. The second-order valence-corrected chi connectivity index (χ2v) is 11.1. The summed E-state index contributed by atoms with van der Waals surface area (Å²) in [5, 5.41) is 14.0. The summed E-state index contributed by atoms with van der Waals surface area (Å²) in [6, 6.07) is 9.34. The van der Waals surface area contributed by atoms with E-state index in [1.165, 1.54) is 30.8 Å². The molecule has 2 aromatic rings. The number of halogens is 3. The predicted octanol–water partition coefficient (Wildman–Crippen LogP) is 2.62. The zero-order valence-corrected chi connectivity index (χ0v) is 23.7. The molecule has 2 aliphatic rings. The highest BCUT2D eigenvalue weighted by Gasteiger charge is 2.41. The molecule has 0 radical (unpaired) electrons. The van der Waals surface area contributed by atoms with E-state index < -0.39 is 34.1 Å². The van der Waals surface area contributed by atoms with E-state index in [0.29, 0.717) is 17.1 Å². The van der Waals surface area contributed by atoms with Gasteiger partial charge in [0, 0.05) is 26.2 Å². The molecule has 2 aliphatic heterocycles. The molecule has 2 aromatic carbocycles. The zero-order valence-electron chi connectivity index (χ0n) is 22.8. The van der Waals surface area contributed by atoms with E-state index in [-0.39, 0.29) is 36.9 Å². The van der Waals surface area contributed by atoms with Gasteiger partial charge >= 0.3 is 6.36 Å². The maximum atomic E-state index is 13.6. The number of hydrogen-bond acceptors (Lipinski definition) is 9. The van der Waals surface area contributed by atoms with Crippen molar-refractivity contribution in [2.24, 2.45) is 9.98 Å². The van der Waals surface area contributed by atoms with Gasteiger partial charge in [-0.2, -0.15) is 4.31 Å². The number of carbonyl (C=O) groups is 1. The molecule has 0 bridgehead atoms. The summed E-state index contributed by atoms with van der Waals surface area (Å²) in [6.07, 6.45) is -0.816. The smallest absolute Gasteiger partial charge is 0.497 e. The third-order valence-electron chi connectivity index (χ3n) is 6.41. The molecule has 0 spiro atoms. The number of amides is 1. The molecule has 4 rings (SSSR count). The van der Waals surface area contributed by atoms with E-state index in [4.69, 9.17) is 10.1 Å². The Balaban J connectivity index is 1.55. The van der Waals surface area contributed by atoms with Gasteiger partial charge in [-0.25, -0.2) is 18.4 Å². The number of methoxy groups -OCH3 is 1. The van der Waals surface area contributed by atoms with Crippen LogP contribution in [0, 0.1) is 5.41 Å². The highest BCUT2D eigenvalue weighted by Crippen LogP contribution is 2.27. The second kappa shape index (κ2) is 13.1. The Morgan fingerprint density at radius 2 is 1.86 bits per heavy atom. The number of carbonyl (C=O) groups excluding carboxylic acids is 1. The molecule has 1 fully saturated rings. The van der Waals surface area contributed by atoms with Crippen LogP contribution in [-0.4, -0.2) is 81.1 Å². The van der Waals surface area contributed by atoms with Gasteiger partial charge in [-0.15, -0.1) is 13.2 Å². The summed E-state index contributed by atoms with van der Waals surface area (Å²) in [5.74, 6) is -0.679. The maximum Gasteiger partial charge on any atom is 0.573 e. The van der Waals surface area contributed by atoms with E-state index in [1.807, 2.05) is 0 Å². The Kier molecular flexibility index (Phi) is 9.50. The average molecular weight is 620 g/mol. The molecular formula is C27H28F3N7O5S. The molecule has 16 heteroatoms. The first kappa shape index (κ1) is 31.2. The minimum absolute atomic E-state index is 0.0397. The van der Waals surface area contributed by atoms with Crippen molar-refractivity contribution >= 4 is 34.3 Å². The van der Waals surface area contributed by atoms with Gasteiger partial charge in [0.25, 0.3) is 0 Å². The lowest BCUT2D eigenvalue weighted by molar-refractivity contribution is -0.274. The van der Waals surface area contributed by atoms with Crippen molar-refractivity contribution in [1.29, 1.82) is 5.41 Å². The van der Waals surface area contributed by atoms with E-state index in [9.17, 15) is 26.4 Å². The zero-order chi connectivity index (χ0) is 31.2. The SMILES string of the molecule is C=C1NC=NC=C1N=CC(=N)N1CCN(S(=O)(=O)c2ccc(OC(F)(F)F)cc2)[C@@H](C(=O)NCc2ccc(OC)cc2)C1. The Labute approximate surface area is 245 Å². The first-order valence-electron chi connectivity index (χ1n) is 12.7. The summed E-state index contributed by atoms with van der Waals surface area (Å²) in [7, 11) is -2.83. The Morgan fingerprint density at radius 1 is 1.19 bits per heavy atom. The molecule has 3 N–H and O–H groups in total. The molecule has 1 saturated heterocycles. The van der Waals surface area contributed by atoms with Crippen LogP contribution < -0.4 is 20.1 Å². The molecule has 12 nitrogen and oxygen atoms in total. The third-order valence-corrected chi connectivity index (χ3v) is 8.33. The number of nitrogens with one attached hydrogen (secondary N) is 3. The molecule has 1 atom stereocenters. The number of nitrogens with zero attached hydrogens (tertiary/aromatic N) is 4. The van der Waals surface area contributed by atoms with Crippen molar-refractivity contribution in [3.8, 4) is 11.5 Å². The summed E-state index contributed by atoms with van der Waals surface area (Å²) < 4.78 is 74.9. The van der Waals surface area contributed by atoms with Crippen molar-refractivity contribution in [1.82, 2.24) is 19.8 Å². The number of aliphatic imine (C=N–C) groups is 2. The van der Waals surface area contributed by atoms with Crippen molar-refractivity contribution in [3.05, 3.63) is 78.3 Å². The van der Waals surface area contributed by atoms with Crippen LogP contribution >= 0.6 is 0 Å². The van der Waals surface area contributed by atoms with Crippen molar-refractivity contribution in [2.45, 2.75) is 23.8 Å². The van der Waals surface area contributed by atoms with Crippen LogP contribution in [0.3, 0.4) is 0 Å². The quantitative estimate of drug-likeness (QED) is 0.289. The monoisotopic (exact) mass is 619 g/mol. The van der Waals surface area contributed by atoms with Gasteiger partial charge in [0.15, 0.2) is 0 Å². The van der Waals surface area contributed by atoms with Crippen LogP contribution in [-0.2, 0) is 21.4 Å². The summed E-state index contributed by atoms with van der Waals surface area (Å²) in [6.45, 7) is 3.54. The standard InChI is InChI=1S/C27H28F3N7O5S/c1-18-23(14-32-17-35-18)33-15-25(31)36-11-12-37(43(39,40)22-9-7-21(8-10-22)42-27(28,29)30)24(16-36)26(38)34-13-19-3-5-20(41-2)6-4-19/h3-10,14-15,17,24,31H,1,11-13,16H2,2H3,(H,32,35)(H,34,38)/t24-/m1/s1. The van der Waals surface area contributed by atoms with Crippen LogP contribution in [0.5, 0.6) is 11.5 Å². The fourth-order valence-electron chi connectivity index (χ4n) is 4.18. The molecule has 0 saturated carbocycles. The molecule has 43 heavy (non-hydrogen) atoms. The normalized spacial score (nSPS) is 17.8. The molecule has 228 valence electrons. The average Bonchev–Trinajstić information content (AvgIpc) is 2.98. The lowest BCUT2D eigenvalue weighted by atomic mass is 10.1. The molecule has 2 heterocycles. The van der Waals surface area contributed by atoms with Gasteiger partial charge in [-0.1, -0.05) is 18.7 Å². The number of amidine groups is 1. The third kappa shape index (κ3) is 7.98. The fourth-order valence-corrected chi connectivity index (χ4v) is 5.75. The van der Waals surface area contributed by atoms with Gasteiger partial charge in [-0.3, -0.25) is 10.2 Å². The summed E-state index contributed by atoms with van der Waals surface area (Å²) in [4.78, 5) is 22.8. The summed E-state index contributed by atoms with van der Waals surface area (Å²) >= 11 is 0. The molecular weight excluding hydrogens is 591 g/mol. The topological polar surface area (TPSA) is 149 Å². The van der Waals surface area contributed by atoms with Crippen LogP contribution in [0.4, 0.5) is 13.2 Å². The number of alkyl halides is 3. The molecule has 0 aliphatic carbocycles. The highest BCUT2D eigenvalue weighted by molar-refractivity contribution is 7.89. The largest absolute Gasteiger partial charge is 0.573 e. The second-order valence-electron chi connectivity index (χ2n) is 9.22. The van der Waals surface area contributed by atoms with Gasteiger partial charge < -0.3 is 25.0 Å². The van der Waals surface area contributed by atoms with E-state index in [1.54, 1.807) is 24.3 Å². The van der Waals surface area contributed by atoms with E-state index >= 15 is 0 Å². The Hall–Kier alpha value is -4.70. The van der Waals surface area contributed by atoms with Gasteiger partial charge in [0.1, 0.15) is 29.1 Å². The van der Waals surface area contributed by atoms with Gasteiger partial charge in [-0.05, 0) is 42.0 Å². The molecule has 1 amide bonds. The lowest BCUT2D eigenvalue weighted by Crippen LogP contribution is -2.61. The minimum Gasteiger partial charge on any atom is -0.497 e. The van der Waals surface area contributed by atoms with Crippen molar-refractivity contribution in [3.63, 3.8) is 0 Å². The Bertz CT molecular complexity index is 1560. The number of sulfonamides is 1. The fraction of sp³-hybridized carbons (Fsp3) is 0.259. The van der Waals surface area contributed by atoms with Crippen LogP contribution in [0.2, 0.25) is 0 Å². The van der Waals surface area contributed by atoms with E-state index in [2.05, 4.69) is 31.9 Å². The van der Waals surface area contributed by atoms with Crippen LogP contribution in [0.25, 0.3) is 0 Å². The predicted molar refractivity (Wildman–Crippen MR) is 152 cm³/mol. The number of hydrogen-bond donors (Lipinski definition) is 3. The number of rotatable bonds is 9. The maximum absolute atomic E-state index is 13.6. The molecule has 0 unspecified atom stereocenters. The summed E-state index contributed by atoms with van der Waals surface area (Å²) in [5.41, 5.74) is 1.59. The molecule has 0 aromatic heterocycles. The van der Waals surface area contributed by atoms with Gasteiger partial charge in [0.2, 0.25) is 15.9 Å². The number of benzene rings is 2. The van der Waals surface area contributed by atoms with Gasteiger partial charge in [0.05, 0.1) is 36.5 Å². The first-order chi connectivity index (χ1) is 20.4. The lowest BCUT2D eigenvalue weighted by Gasteiger charge is -2.40. The number of piperazine rings is 1. The van der Waals surface area contributed by atoms with Crippen molar-refractivity contribution < 1.29 is 35.9 Å². The Morgan fingerprint density at radius 3 is 2.49 bits per heavy atom. The van der Waals surface area contributed by atoms with Crippen molar-refractivity contribution in [2.75, 3.05) is 26.7 Å². The number of ether oxygens (including phenoxy) is 2. The highest BCUT2D eigenvalue weighted by atomic mass is 32.2.